The van der Waals surface area contributed by atoms with E-state index in [-0.39, 0.29) is 17.6 Å². The van der Waals surface area contributed by atoms with Crippen molar-refractivity contribution in [2.24, 2.45) is 0 Å². The van der Waals surface area contributed by atoms with Crippen LogP contribution in [-0.4, -0.2) is 47.7 Å². The standard InChI is InChI=1S/C13H20N4O4/c1-2-4-16-8-11(17(19)20)6-12(16)13(18)15-7-10-9-21-5-3-14-10/h6,8,10,14H,2-5,7,9H2,1H3,(H,15,18). The highest BCUT2D eigenvalue weighted by molar-refractivity contribution is 5.93. The fourth-order valence-corrected chi connectivity index (χ4v) is 2.27. The minimum atomic E-state index is -0.487. The normalized spacial score (nSPS) is 18.4. The van der Waals surface area contributed by atoms with Crippen molar-refractivity contribution in [2.75, 3.05) is 26.3 Å². The summed E-state index contributed by atoms with van der Waals surface area (Å²) in [7, 11) is 0. The summed E-state index contributed by atoms with van der Waals surface area (Å²) in [5, 5.41) is 16.9. The summed E-state index contributed by atoms with van der Waals surface area (Å²) in [6.45, 7) is 4.95. The molecule has 21 heavy (non-hydrogen) atoms. The Kier molecular flexibility index (Phi) is 5.29. The molecule has 2 N–H and O–H groups in total. The van der Waals surface area contributed by atoms with E-state index in [1.807, 2.05) is 6.92 Å². The first-order valence-electron chi connectivity index (χ1n) is 7.05. The minimum Gasteiger partial charge on any atom is -0.378 e. The Morgan fingerprint density at radius 1 is 1.67 bits per heavy atom. The molecule has 2 rings (SSSR count). The van der Waals surface area contributed by atoms with Crippen LogP contribution in [0.4, 0.5) is 5.69 Å². The molecule has 8 nitrogen and oxygen atoms in total. The van der Waals surface area contributed by atoms with Gasteiger partial charge in [0, 0.05) is 31.7 Å². The first kappa shape index (κ1) is 15.5. The number of rotatable bonds is 6. The summed E-state index contributed by atoms with van der Waals surface area (Å²) in [4.78, 5) is 22.5. The third kappa shape index (κ3) is 4.02. The lowest BCUT2D eigenvalue weighted by Crippen LogP contribution is -2.48. The average molecular weight is 296 g/mol. The molecule has 0 aromatic carbocycles. The van der Waals surface area contributed by atoms with E-state index in [2.05, 4.69) is 10.6 Å². The predicted octanol–water partition coefficient (Wildman–Crippen LogP) is 0.524. The van der Waals surface area contributed by atoms with Crippen molar-refractivity contribution in [1.82, 2.24) is 15.2 Å². The Morgan fingerprint density at radius 3 is 3.10 bits per heavy atom. The molecule has 2 heterocycles. The van der Waals surface area contributed by atoms with Gasteiger partial charge in [0.1, 0.15) is 5.69 Å². The van der Waals surface area contributed by atoms with Crippen LogP contribution >= 0.6 is 0 Å². The monoisotopic (exact) mass is 296 g/mol. The van der Waals surface area contributed by atoms with Crippen molar-refractivity contribution in [3.05, 3.63) is 28.1 Å². The summed E-state index contributed by atoms with van der Waals surface area (Å²) in [6, 6.07) is 1.39. The number of hydrogen-bond donors (Lipinski definition) is 2. The number of nitro groups is 1. The summed E-state index contributed by atoms with van der Waals surface area (Å²) >= 11 is 0. The number of nitrogens with zero attached hydrogens (tertiary/aromatic N) is 2. The maximum absolute atomic E-state index is 12.2. The molecule has 1 aromatic rings. The summed E-state index contributed by atoms with van der Waals surface area (Å²) in [6.07, 6.45) is 2.20. The quantitative estimate of drug-likeness (QED) is 0.589. The van der Waals surface area contributed by atoms with Gasteiger partial charge in [-0.1, -0.05) is 6.92 Å². The van der Waals surface area contributed by atoms with Crippen molar-refractivity contribution in [3.63, 3.8) is 0 Å². The van der Waals surface area contributed by atoms with E-state index in [1.165, 1.54) is 12.3 Å². The first-order chi connectivity index (χ1) is 10.1. The maximum atomic E-state index is 12.2. The summed E-state index contributed by atoms with van der Waals surface area (Å²) in [5.74, 6) is -0.302. The molecule has 0 saturated carbocycles. The van der Waals surface area contributed by atoms with Crippen molar-refractivity contribution in [3.8, 4) is 0 Å². The first-order valence-corrected chi connectivity index (χ1v) is 7.05. The smallest absolute Gasteiger partial charge is 0.287 e. The molecule has 1 saturated heterocycles. The second kappa shape index (κ2) is 7.19. The Morgan fingerprint density at radius 2 is 2.48 bits per heavy atom. The van der Waals surface area contributed by atoms with Gasteiger partial charge in [0.25, 0.3) is 11.6 Å². The fraction of sp³-hybridized carbons (Fsp3) is 0.615. The van der Waals surface area contributed by atoms with Crippen molar-refractivity contribution < 1.29 is 14.5 Å². The molecule has 1 unspecified atom stereocenters. The highest BCUT2D eigenvalue weighted by atomic mass is 16.6. The van der Waals surface area contributed by atoms with Gasteiger partial charge in [-0.2, -0.15) is 0 Å². The van der Waals surface area contributed by atoms with Crippen LogP contribution in [0.2, 0.25) is 0 Å². The van der Waals surface area contributed by atoms with Crippen LogP contribution in [0.5, 0.6) is 0 Å². The number of ether oxygens (including phenoxy) is 1. The SMILES string of the molecule is CCCn1cc([N+](=O)[O-])cc1C(=O)NCC1COCCN1. The zero-order valence-electron chi connectivity index (χ0n) is 12.0. The van der Waals surface area contributed by atoms with Crippen LogP contribution in [-0.2, 0) is 11.3 Å². The third-order valence-corrected chi connectivity index (χ3v) is 3.30. The van der Waals surface area contributed by atoms with Gasteiger partial charge in [-0.15, -0.1) is 0 Å². The largest absolute Gasteiger partial charge is 0.378 e. The highest BCUT2D eigenvalue weighted by Gasteiger charge is 2.20. The second-order valence-electron chi connectivity index (χ2n) is 4.97. The van der Waals surface area contributed by atoms with Crippen LogP contribution in [0.15, 0.2) is 12.3 Å². The van der Waals surface area contributed by atoms with Gasteiger partial charge in [-0.05, 0) is 6.42 Å². The van der Waals surface area contributed by atoms with E-state index in [0.717, 1.165) is 13.0 Å². The zero-order chi connectivity index (χ0) is 15.2. The number of carbonyl (C=O) groups excluding carboxylic acids is 1. The zero-order valence-corrected chi connectivity index (χ0v) is 12.0. The Labute approximate surface area is 122 Å². The van der Waals surface area contributed by atoms with Gasteiger partial charge in [0.15, 0.2) is 0 Å². The lowest BCUT2D eigenvalue weighted by atomic mass is 10.2. The van der Waals surface area contributed by atoms with E-state index in [4.69, 9.17) is 4.74 Å². The predicted molar refractivity (Wildman–Crippen MR) is 76.3 cm³/mol. The second-order valence-corrected chi connectivity index (χ2v) is 4.97. The lowest BCUT2D eigenvalue weighted by Gasteiger charge is -2.23. The molecular weight excluding hydrogens is 276 g/mol. The molecule has 1 aliphatic rings. The molecule has 1 fully saturated rings. The molecule has 1 aliphatic heterocycles. The van der Waals surface area contributed by atoms with Crippen molar-refractivity contribution in [2.45, 2.75) is 25.9 Å². The molecule has 116 valence electrons. The van der Waals surface area contributed by atoms with Crippen LogP contribution in [0.3, 0.4) is 0 Å². The number of carbonyl (C=O) groups is 1. The number of nitrogens with one attached hydrogen (secondary N) is 2. The van der Waals surface area contributed by atoms with E-state index >= 15 is 0 Å². The fourth-order valence-electron chi connectivity index (χ4n) is 2.27. The highest BCUT2D eigenvalue weighted by Crippen LogP contribution is 2.17. The number of hydrogen-bond acceptors (Lipinski definition) is 5. The molecule has 1 aromatic heterocycles. The van der Waals surface area contributed by atoms with E-state index in [9.17, 15) is 14.9 Å². The maximum Gasteiger partial charge on any atom is 0.287 e. The third-order valence-electron chi connectivity index (χ3n) is 3.30. The topological polar surface area (TPSA) is 98.4 Å². The van der Waals surface area contributed by atoms with Gasteiger partial charge < -0.3 is 19.9 Å². The van der Waals surface area contributed by atoms with Crippen LogP contribution in [0.25, 0.3) is 0 Å². The molecule has 0 spiro atoms. The van der Waals surface area contributed by atoms with Crippen LogP contribution in [0, 0.1) is 10.1 Å². The number of aromatic nitrogens is 1. The van der Waals surface area contributed by atoms with Crippen LogP contribution in [0.1, 0.15) is 23.8 Å². The molecule has 1 amide bonds. The Bertz CT molecular complexity index is 508. The molecular formula is C13H20N4O4. The number of amides is 1. The number of morpholine rings is 1. The molecule has 1 atom stereocenters. The molecule has 0 radical (unpaired) electrons. The molecule has 8 heteroatoms. The van der Waals surface area contributed by atoms with Crippen LogP contribution < -0.4 is 10.6 Å². The van der Waals surface area contributed by atoms with Gasteiger partial charge in [0.05, 0.1) is 24.3 Å². The van der Waals surface area contributed by atoms with E-state index < -0.39 is 4.92 Å². The van der Waals surface area contributed by atoms with E-state index in [0.29, 0.717) is 32.0 Å². The average Bonchev–Trinajstić information content (AvgIpc) is 2.91. The molecule has 0 bridgehead atoms. The minimum absolute atomic E-state index is 0.0623. The van der Waals surface area contributed by atoms with Crippen molar-refractivity contribution >= 4 is 11.6 Å². The van der Waals surface area contributed by atoms with Gasteiger partial charge in [-0.3, -0.25) is 14.9 Å². The summed E-state index contributed by atoms with van der Waals surface area (Å²) in [5.41, 5.74) is 0.257. The lowest BCUT2D eigenvalue weighted by molar-refractivity contribution is -0.384. The van der Waals surface area contributed by atoms with Gasteiger partial charge >= 0.3 is 0 Å². The van der Waals surface area contributed by atoms with Gasteiger partial charge in [0.2, 0.25) is 0 Å². The van der Waals surface area contributed by atoms with Crippen molar-refractivity contribution in [1.29, 1.82) is 0 Å². The Balaban J connectivity index is 2.01. The summed E-state index contributed by atoms with van der Waals surface area (Å²) < 4.78 is 6.93. The van der Waals surface area contributed by atoms with E-state index in [1.54, 1.807) is 4.57 Å². The van der Waals surface area contributed by atoms with Gasteiger partial charge in [-0.25, -0.2) is 0 Å². The Hall–Kier alpha value is -1.93. The molecule has 0 aliphatic carbocycles. The number of aryl methyl sites for hydroxylation is 1.